The largest absolute Gasteiger partial charge is 0.325 e. The molecule has 0 bridgehead atoms. The van der Waals surface area contributed by atoms with Crippen molar-refractivity contribution in [1.82, 2.24) is 24.6 Å². The quantitative estimate of drug-likeness (QED) is 0.816. The number of nitrogens with zero attached hydrogens (tertiary/aromatic N) is 3. The molecular weight excluding hydrogens is 274 g/mol. The van der Waals surface area contributed by atoms with Crippen LogP contribution in [0.2, 0.25) is 0 Å². The molecule has 106 valence electrons. The smallest absolute Gasteiger partial charge is 0.259 e. The molecule has 1 aliphatic rings. The van der Waals surface area contributed by atoms with E-state index in [2.05, 4.69) is 27.0 Å². The molecule has 2 aromatic heterocycles. The Morgan fingerprint density at radius 1 is 1.50 bits per heavy atom. The molecule has 0 spiro atoms. The van der Waals surface area contributed by atoms with E-state index in [9.17, 15) is 4.79 Å². The second-order valence-electron chi connectivity index (χ2n) is 5.05. The summed E-state index contributed by atoms with van der Waals surface area (Å²) in [5.74, 6) is 0.577. The Hall–Kier alpha value is -1.73. The predicted molar refractivity (Wildman–Crippen MR) is 79.1 cm³/mol. The molecule has 0 radical (unpaired) electrons. The molecule has 3 heterocycles. The predicted octanol–water partition coefficient (Wildman–Crippen LogP) is 1.21. The van der Waals surface area contributed by atoms with Gasteiger partial charge in [0.2, 0.25) is 0 Å². The third-order valence-corrected chi connectivity index (χ3v) is 4.22. The minimum absolute atomic E-state index is 0.106. The van der Waals surface area contributed by atoms with Gasteiger partial charge in [0, 0.05) is 32.3 Å². The molecule has 0 aromatic carbocycles. The summed E-state index contributed by atoms with van der Waals surface area (Å²) in [5.41, 5.74) is 2.67. The van der Waals surface area contributed by atoms with Gasteiger partial charge in [-0.15, -0.1) is 0 Å². The van der Waals surface area contributed by atoms with Gasteiger partial charge >= 0.3 is 0 Å². The number of nitrogens with one attached hydrogen (secondary N) is 2. The van der Waals surface area contributed by atoms with Crippen LogP contribution in [0, 0.1) is 4.77 Å². The fourth-order valence-corrected chi connectivity index (χ4v) is 2.72. The number of pyridine rings is 1. The summed E-state index contributed by atoms with van der Waals surface area (Å²) in [5, 5.41) is 6.86. The van der Waals surface area contributed by atoms with Gasteiger partial charge in [0.05, 0.1) is 5.56 Å². The van der Waals surface area contributed by atoms with Crippen LogP contribution in [0.1, 0.15) is 18.2 Å². The fourth-order valence-electron chi connectivity index (χ4n) is 2.59. The van der Waals surface area contributed by atoms with Crippen molar-refractivity contribution in [3.8, 4) is 11.4 Å². The minimum Gasteiger partial charge on any atom is -0.325 e. The molecule has 1 aliphatic heterocycles. The Morgan fingerprint density at radius 2 is 2.30 bits per heavy atom. The molecule has 0 unspecified atom stereocenters. The first-order chi connectivity index (χ1) is 9.60. The van der Waals surface area contributed by atoms with Gasteiger partial charge in [0.25, 0.3) is 5.56 Å². The Morgan fingerprint density at radius 3 is 2.95 bits per heavy atom. The number of hydrogen-bond acceptors (Lipinski definition) is 4. The molecule has 3 rings (SSSR count). The third kappa shape index (κ3) is 2.12. The monoisotopic (exact) mass is 291 g/mol. The highest BCUT2D eigenvalue weighted by Crippen LogP contribution is 2.20. The molecule has 6 nitrogen and oxygen atoms in total. The highest BCUT2D eigenvalue weighted by molar-refractivity contribution is 7.71. The molecule has 0 aliphatic carbocycles. The summed E-state index contributed by atoms with van der Waals surface area (Å²) in [7, 11) is 1.80. The lowest BCUT2D eigenvalue weighted by atomic mass is 10.0. The number of hydrogen-bond donors (Lipinski definition) is 2. The van der Waals surface area contributed by atoms with Gasteiger partial charge in [-0.25, -0.2) is 0 Å². The summed E-state index contributed by atoms with van der Waals surface area (Å²) in [6, 6.07) is 1.95. The van der Waals surface area contributed by atoms with E-state index in [1.54, 1.807) is 11.6 Å². The summed E-state index contributed by atoms with van der Waals surface area (Å²) >= 11 is 5.10. The van der Waals surface area contributed by atoms with Crippen LogP contribution >= 0.6 is 12.2 Å². The Labute approximate surface area is 121 Å². The average molecular weight is 291 g/mol. The standard InChI is InChI=1S/C13H17N5OS/c1-3-18-5-4-10-8(7-18)6-9(12(19)14-10)11-15-16-13(20)17(11)2/h6H,3-5,7H2,1-2H3,(H,14,19)(H,16,20). The van der Waals surface area contributed by atoms with E-state index in [0.717, 1.165) is 31.7 Å². The van der Waals surface area contributed by atoms with Gasteiger partial charge < -0.3 is 9.55 Å². The average Bonchev–Trinajstić information content (AvgIpc) is 2.78. The van der Waals surface area contributed by atoms with Crippen LogP contribution in [0.3, 0.4) is 0 Å². The van der Waals surface area contributed by atoms with Gasteiger partial charge in [0.15, 0.2) is 10.6 Å². The topological polar surface area (TPSA) is 69.7 Å². The van der Waals surface area contributed by atoms with E-state index < -0.39 is 0 Å². The SMILES string of the molecule is CCN1CCc2[nH]c(=O)c(-c3n[nH]c(=S)n3C)cc2C1. The molecule has 2 N–H and O–H groups in total. The van der Waals surface area contributed by atoms with Crippen molar-refractivity contribution in [1.29, 1.82) is 0 Å². The molecule has 0 atom stereocenters. The van der Waals surface area contributed by atoms with Crippen LogP contribution in [0.5, 0.6) is 0 Å². The van der Waals surface area contributed by atoms with Crippen molar-refractivity contribution in [3.63, 3.8) is 0 Å². The maximum atomic E-state index is 12.2. The van der Waals surface area contributed by atoms with Crippen molar-refractivity contribution in [2.24, 2.45) is 7.05 Å². The second-order valence-corrected chi connectivity index (χ2v) is 5.43. The van der Waals surface area contributed by atoms with Crippen LogP contribution in [-0.4, -0.2) is 37.7 Å². The van der Waals surface area contributed by atoms with Crippen LogP contribution in [-0.2, 0) is 20.0 Å². The molecular formula is C13H17N5OS. The van der Waals surface area contributed by atoms with Gasteiger partial charge in [0.1, 0.15) is 0 Å². The molecule has 0 fully saturated rings. The summed E-state index contributed by atoms with van der Waals surface area (Å²) in [4.78, 5) is 17.6. The lowest BCUT2D eigenvalue weighted by molar-refractivity contribution is 0.265. The molecule has 0 saturated carbocycles. The zero-order valence-electron chi connectivity index (χ0n) is 11.6. The van der Waals surface area contributed by atoms with E-state index in [1.807, 2.05) is 6.07 Å². The van der Waals surface area contributed by atoms with Crippen LogP contribution in [0.4, 0.5) is 0 Å². The summed E-state index contributed by atoms with van der Waals surface area (Å²) in [6.07, 6.45) is 0.887. The Bertz CT molecular complexity index is 757. The lowest BCUT2D eigenvalue weighted by Crippen LogP contribution is -2.32. The van der Waals surface area contributed by atoms with Gasteiger partial charge in [-0.05, 0) is 30.4 Å². The maximum Gasteiger partial charge on any atom is 0.259 e. The number of fused-ring (bicyclic) bond motifs is 1. The Kier molecular flexibility index (Phi) is 3.31. The zero-order chi connectivity index (χ0) is 14.3. The first kappa shape index (κ1) is 13.3. The van der Waals surface area contributed by atoms with E-state index in [-0.39, 0.29) is 5.56 Å². The van der Waals surface area contributed by atoms with E-state index in [0.29, 0.717) is 16.2 Å². The zero-order valence-corrected chi connectivity index (χ0v) is 12.4. The lowest BCUT2D eigenvalue weighted by Gasteiger charge is -2.27. The van der Waals surface area contributed by atoms with E-state index in [1.165, 1.54) is 5.56 Å². The van der Waals surface area contributed by atoms with Gasteiger partial charge in [-0.2, -0.15) is 5.10 Å². The summed E-state index contributed by atoms with van der Waals surface area (Å²) in [6.45, 7) is 5.02. The third-order valence-electron chi connectivity index (χ3n) is 3.86. The van der Waals surface area contributed by atoms with Crippen molar-refractivity contribution < 1.29 is 0 Å². The molecule has 20 heavy (non-hydrogen) atoms. The number of H-pyrrole nitrogens is 2. The number of rotatable bonds is 2. The molecule has 0 amide bonds. The molecule has 0 saturated heterocycles. The van der Waals surface area contributed by atoms with Gasteiger partial charge in [-0.3, -0.25) is 14.8 Å². The fraction of sp³-hybridized carbons (Fsp3) is 0.462. The Balaban J connectivity index is 2.12. The van der Waals surface area contributed by atoms with Crippen molar-refractivity contribution >= 4 is 12.2 Å². The highest BCUT2D eigenvalue weighted by atomic mass is 32.1. The molecule has 2 aromatic rings. The maximum absolute atomic E-state index is 12.2. The van der Waals surface area contributed by atoms with Crippen molar-refractivity contribution in [3.05, 3.63) is 32.4 Å². The van der Waals surface area contributed by atoms with E-state index >= 15 is 0 Å². The van der Waals surface area contributed by atoms with Crippen molar-refractivity contribution in [2.75, 3.05) is 13.1 Å². The van der Waals surface area contributed by atoms with Crippen molar-refractivity contribution in [2.45, 2.75) is 19.9 Å². The summed E-state index contributed by atoms with van der Waals surface area (Å²) < 4.78 is 2.22. The first-order valence-electron chi connectivity index (χ1n) is 6.69. The second kappa shape index (κ2) is 4.99. The molecule has 7 heteroatoms. The number of likely N-dealkylation sites (N-methyl/N-ethyl adjacent to an activating group) is 1. The van der Waals surface area contributed by atoms with Crippen LogP contribution in [0.25, 0.3) is 11.4 Å². The van der Waals surface area contributed by atoms with Crippen LogP contribution in [0.15, 0.2) is 10.9 Å². The van der Waals surface area contributed by atoms with Crippen LogP contribution < -0.4 is 5.56 Å². The number of aromatic amines is 2. The normalized spacial score (nSPS) is 15.3. The number of aromatic nitrogens is 4. The highest BCUT2D eigenvalue weighted by Gasteiger charge is 2.19. The van der Waals surface area contributed by atoms with Gasteiger partial charge in [-0.1, -0.05) is 6.92 Å². The minimum atomic E-state index is -0.106. The van der Waals surface area contributed by atoms with E-state index in [4.69, 9.17) is 12.2 Å². The first-order valence-corrected chi connectivity index (χ1v) is 7.10.